The second-order valence-corrected chi connectivity index (χ2v) is 4.76. The van der Waals surface area contributed by atoms with E-state index in [0.717, 1.165) is 0 Å². The van der Waals surface area contributed by atoms with Crippen molar-refractivity contribution in [2.24, 2.45) is 0 Å². The van der Waals surface area contributed by atoms with Gasteiger partial charge in [0.15, 0.2) is 0 Å². The molecule has 0 heterocycles. The number of carbonyl (C=O) groups excluding carboxylic acids is 2. The quantitative estimate of drug-likeness (QED) is 0.583. The Balaban J connectivity index is 2.05. The minimum absolute atomic E-state index is 0.102. The third kappa shape index (κ3) is 3.36. The van der Waals surface area contributed by atoms with Gasteiger partial charge in [0.25, 0.3) is 0 Å². The Kier molecular flexibility index (Phi) is 4.37. The number of nitrogens with one attached hydrogen (secondary N) is 2. The number of amides is 2. The van der Waals surface area contributed by atoms with Gasteiger partial charge < -0.3 is 15.7 Å². The highest BCUT2D eigenvalue weighted by atomic mass is 79.9. The van der Waals surface area contributed by atoms with E-state index in [-0.39, 0.29) is 11.4 Å². The van der Waals surface area contributed by atoms with Gasteiger partial charge in [-0.2, -0.15) is 0 Å². The maximum Gasteiger partial charge on any atom is 0.314 e. The molecule has 0 saturated carbocycles. The molecule has 3 N–H and O–H groups in total. The SMILES string of the molecule is O=C(Nc1ccccc1O)C(=O)Nc1ccccc1Br. The largest absolute Gasteiger partial charge is 0.506 e. The predicted octanol–water partition coefficient (Wildman–Crippen LogP) is 2.73. The third-order valence-electron chi connectivity index (χ3n) is 2.48. The van der Waals surface area contributed by atoms with Crippen LogP contribution < -0.4 is 10.6 Å². The molecule has 0 fully saturated rings. The van der Waals surface area contributed by atoms with E-state index in [0.29, 0.717) is 10.2 Å². The Morgan fingerprint density at radius 1 is 0.850 bits per heavy atom. The zero-order chi connectivity index (χ0) is 14.5. The molecule has 5 nitrogen and oxygen atoms in total. The van der Waals surface area contributed by atoms with E-state index in [9.17, 15) is 14.7 Å². The molecule has 2 rings (SSSR count). The summed E-state index contributed by atoms with van der Waals surface area (Å²) in [5.41, 5.74) is 0.671. The lowest BCUT2D eigenvalue weighted by atomic mass is 10.3. The van der Waals surface area contributed by atoms with Gasteiger partial charge in [-0.1, -0.05) is 24.3 Å². The van der Waals surface area contributed by atoms with Crippen LogP contribution in [0.15, 0.2) is 53.0 Å². The van der Waals surface area contributed by atoms with E-state index in [2.05, 4.69) is 26.6 Å². The zero-order valence-corrected chi connectivity index (χ0v) is 11.8. The summed E-state index contributed by atoms with van der Waals surface area (Å²) in [4.78, 5) is 23.5. The van der Waals surface area contributed by atoms with E-state index in [1.54, 1.807) is 36.4 Å². The highest BCUT2D eigenvalue weighted by molar-refractivity contribution is 9.10. The van der Waals surface area contributed by atoms with Crippen LogP contribution >= 0.6 is 15.9 Å². The van der Waals surface area contributed by atoms with E-state index in [1.807, 2.05) is 0 Å². The molecule has 0 bridgehead atoms. The molecule has 0 aliphatic heterocycles. The van der Waals surface area contributed by atoms with Crippen LogP contribution in [0.1, 0.15) is 0 Å². The predicted molar refractivity (Wildman–Crippen MR) is 79.5 cm³/mol. The maximum absolute atomic E-state index is 11.8. The van der Waals surface area contributed by atoms with Crippen molar-refractivity contribution >= 4 is 39.1 Å². The first kappa shape index (κ1) is 14.1. The second kappa shape index (κ2) is 6.21. The molecule has 20 heavy (non-hydrogen) atoms. The van der Waals surface area contributed by atoms with Crippen LogP contribution in [-0.2, 0) is 9.59 Å². The fraction of sp³-hybridized carbons (Fsp3) is 0. The first-order valence-electron chi connectivity index (χ1n) is 5.73. The molecular weight excluding hydrogens is 324 g/mol. The van der Waals surface area contributed by atoms with Gasteiger partial charge in [-0.15, -0.1) is 0 Å². The van der Waals surface area contributed by atoms with Crippen molar-refractivity contribution in [1.29, 1.82) is 0 Å². The number of aromatic hydroxyl groups is 1. The topological polar surface area (TPSA) is 78.4 Å². The van der Waals surface area contributed by atoms with Crippen molar-refractivity contribution in [3.8, 4) is 5.75 Å². The highest BCUT2D eigenvalue weighted by Crippen LogP contribution is 2.23. The molecule has 2 aromatic rings. The van der Waals surface area contributed by atoms with Crippen LogP contribution in [0, 0.1) is 0 Å². The Morgan fingerprint density at radius 2 is 1.35 bits per heavy atom. The van der Waals surface area contributed by atoms with Gasteiger partial charge in [0.1, 0.15) is 5.75 Å². The van der Waals surface area contributed by atoms with Gasteiger partial charge in [-0.3, -0.25) is 9.59 Å². The Morgan fingerprint density at radius 3 is 1.95 bits per heavy atom. The Hall–Kier alpha value is -2.34. The average molecular weight is 335 g/mol. The summed E-state index contributed by atoms with van der Waals surface area (Å²) in [5, 5.41) is 14.3. The molecule has 0 aliphatic rings. The number of anilines is 2. The highest BCUT2D eigenvalue weighted by Gasteiger charge is 2.16. The molecule has 0 aliphatic carbocycles. The fourth-order valence-electron chi connectivity index (χ4n) is 1.50. The van der Waals surface area contributed by atoms with Crippen molar-refractivity contribution in [3.05, 3.63) is 53.0 Å². The lowest BCUT2D eigenvalue weighted by molar-refractivity contribution is -0.133. The van der Waals surface area contributed by atoms with Crippen LogP contribution in [0.25, 0.3) is 0 Å². The molecule has 6 heteroatoms. The Labute approximate surface area is 123 Å². The molecule has 0 aromatic heterocycles. The summed E-state index contributed by atoms with van der Waals surface area (Å²) >= 11 is 3.27. The summed E-state index contributed by atoms with van der Waals surface area (Å²) in [6, 6.07) is 13.1. The number of para-hydroxylation sites is 3. The fourth-order valence-corrected chi connectivity index (χ4v) is 1.88. The molecule has 2 amide bonds. The van der Waals surface area contributed by atoms with Crippen LogP contribution in [0.4, 0.5) is 11.4 Å². The van der Waals surface area contributed by atoms with Gasteiger partial charge in [0.05, 0.1) is 11.4 Å². The van der Waals surface area contributed by atoms with Crippen molar-refractivity contribution < 1.29 is 14.7 Å². The molecule has 2 aromatic carbocycles. The van der Waals surface area contributed by atoms with Crippen molar-refractivity contribution in [1.82, 2.24) is 0 Å². The summed E-state index contributed by atoms with van der Waals surface area (Å²) in [5.74, 6) is -1.78. The number of phenolic OH excluding ortho intramolecular Hbond substituents is 1. The minimum atomic E-state index is -0.859. The summed E-state index contributed by atoms with van der Waals surface area (Å²) in [7, 11) is 0. The van der Waals surface area contributed by atoms with Crippen molar-refractivity contribution in [3.63, 3.8) is 0 Å². The monoisotopic (exact) mass is 334 g/mol. The van der Waals surface area contributed by atoms with E-state index >= 15 is 0 Å². The molecular formula is C14H11BrN2O3. The van der Waals surface area contributed by atoms with E-state index in [1.165, 1.54) is 12.1 Å². The lowest BCUT2D eigenvalue weighted by Gasteiger charge is -2.08. The molecule has 0 spiro atoms. The summed E-state index contributed by atoms with van der Waals surface area (Å²) < 4.78 is 0.670. The summed E-state index contributed by atoms with van der Waals surface area (Å²) in [6.45, 7) is 0. The Bertz CT molecular complexity index is 601. The first-order chi connectivity index (χ1) is 9.58. The zero-order valence-electron chi connectivity index (χ0n) is 10.3. The number of halogens is 1. The maximum atomic E-state index is 11.8. The van der Waals surface area contributed by atoms with Gasteiger partial charge in [0.2, 0.25) is 0 Å². The van der Waals surface area contributed by atoms with Crippen molar-refractivity contribution in [2.75, 3.05) is 10.6 Å². The molecule has 0 unspecified atom stereocenters. The number of hydrogen-bond acceptors (Lipinski definition) is 3. The van der Waals surface area contributed by atoms with Crippen LogP contribution in [-0.4, -0.2) is 16.9 Å². The summed E-state index contributed by atoms with van der Waals surface area (Å²) in [6.07, 6.45) is 0. The normalized spacial score (nSPS) is 9.85. The van der Waals surface area contributed by atoms with Crippen LogP contribution in [0.5, 0.6) is 5.75 Å². The van der Waals surface area contributed by atoms with Crippen LogP contribution in [0.2, 0.25) is 0 Å². The van der Waals surface area contributed by atoms with Gasteiger partial charge >= 0.3 is 11.8 Å². The van der Waals surface area contributed by atoms with E-state index < -0.39 is 11.8 Å². The number of phenols is 1. The molecule has 0 atom stereocenters. The smallest absolute Gasteiger partial charge is 0.314 e. The van der Waals surface area contributed by atoms with Gasteiger partial charge in [0, 0.05) is 4.47 Å². The van der Waals surface area contributed by atoms with Gasteiger partial charge in [-0.25, -0.2) is 0 Å². The van der Waals surface area contributed by atoms with E-state index in [4.69, 9.17) is 0 Å². The average Bonchev–Trinajstić information content (AvgIpc) is 2.43. The third-order valence-corrected chi connectivity index (χ3v) is 3.17. The molecule has 102 valence electrons. The number of benzene rings is 2. The molecule has 0 saturated heterocycles. The number of carbonyl (C=O) groups is 2. The van der Waals surface area contributed by atoms with Crippen LogP contribution in [0.3, 0.4) is 0 Å². The van der Waals surface area contributed by atoms with Crippen molar-refractivity contribution in [2.45, 2.75) is 0 Å². The number of hydrogen-bond donors (Lipinski definition) is 3. The lowest BCUT2D eigenvalue weighted by Crippen LogP contribution is -2.29. The first-order valence-corrected chi connectivity index (χ1v) is 6.52. The second-order valence-electron chi connectivity index (χ2n) is 3.91. The van der Waals surface area contributed by atoms with Gasteiger partial charge in [-0.05, 0) is 40.2 Å². The molecule has 0 radical (unpaired) electrons. The standard InChI is InChI=1S/C14H11BrN2O3/c15-9-5-1-2-6-10(9)16-13(19)14(20)17-11-7-3-4-8-12(11)18/h1-8,18H,(H,16,19)(H,17,20). The minimum Gasteiger partial charge on any atom is -0.506 e. The number of rotatable bonds is 2.